The van der Waals surface area contributed by atoms with Crippen molar-refractivity contribution in [3.8, 4) is 0 Å². The van der Waals surface area contributed by atoms with Crippen LogP contribution < -0.4 is 10.4 Å². The summed E-state index contributed by atoms with van der Waals surface area (Å²) in [5, 5.41) is 8.75. The lowest BCUT2D eigenvalue weighted by atomic mass is 9.86. The van der Waals surface area contributed by atoms with E-state index in [4.69, 9.17) is 5.21 Å². The Labute approximate surface area is 155 Å². The maximum absolute atomic E-state index is 11.5. The Bertz CT molecular complexity index is 727. The van der Waals surface area contributed by atoms with Crippen LogP contribution in [0.5, 0.6) is 0 Å². The molecule has 1 unspecified atom stereocenters. The van der Waals surface area contributed by atoms with Gasteiger partial charge in [-0.05, 0) is 54.5 Å². The SMILES string of the molecule is CCCC1CCCCN(Cc2ccc(C(=O)NO)cc2)c2ccccc21. The van der Waals surface area contributed by atoms with Gasteiger partial charge >= 0.3 is 0 Å². The fourth-order valence-electron chi connectivity index (χ4n) is 3.95. The summed E-state index contributed by atoms with van der Waals surface area (Å²) in [4.78, 5) is 14.0. The molecule has 1 heterocycles. The molecule has 2 aromatic carbocycles. The number of carbonyl (C=O) groups excluding carboxylic acids is 1. The van der Waals surface area contributed by atoms with Crippen LogP contribution in [0.1, 0.15) is 66.4 Å². The predicted octanol–water partition coefficient (Wildman–Crippen LogP) is 4.88. The molecule has 0 aromatic heterocycles. The zero-order valence-corrected chi connectivity index (χ0v) is 15.4. The molecule has 1 aliphatic rings. The molecule has 0 aliphatic carbocycles. The zero-order chi connectivity index (χ0) is 18.4. The second kappa shape index (κ2) is 8.86. The maximum Gasteiger partial charge on any atom is 0.274 e. The summed E-state index contributed by atoms with van der Waals surface area (Å²) in [6.07, 6.45) is 6.22. The number of anilines is 1. The average molecular weight is 352 g/mol. The van der Waals surface area contributed by atoms with Crippen LogP contribution in [0.2, 0.25) is 0 Å². The molecule has 0 saturated carbocycles. The first-order chi connectivity index (χ1) is 12.7. The predicted molar refractivity (Wildman–Crippen MR) is 105 cm³/mol. The molecule has 0 bridgehead atoms. The van der Waals surface area contributed by atoms with Gasteiger partial charge in [-0.25, -0.2) is 5.48 Å². The summed E-state index contributed by atoms with van der Waals surface area (Å²) in [7, 11) is 0. The molecule has 138 valence electrons. The molecule has 0 spiro atoms. The van der Waals surface area contributed by atoms with E-state index in [9.17, 15) is 4.79 Å². The van der Waals surface area contributed by atoms with Gasteiger partial charge in [-0.3, -0.25) is 10.0 Å². The first-order valence-corrected chi connectivity index (χ1v) is 9.60. The summed E-state index contributed by atoms with van der Waals surface area (Å²) < 4.78 is 0. The van der Waals surface area contributed by atoms with Gasteiger partial charge in [-0.1, -0.05) is 50.1 Å². The first-order valence-electron chi connectivity index (χ1n) is 9.60. The van der Waals surface area contributed by atoms with Crippen LogP contribution in [0.3, 0.4) is 0 Å². The highest BCUT2D eigenvalue weighted by atomic mass is 16.5. The number of carbonyl (C=O) groups is 1. The number of amides is 1. The minimum absolute atomic E-state index is 0.465. The largest absolute Gasteiger partial charge is 0.367 e. The molecule has 1 atom stereocenters. The van der Waals surface area contributed by atoms with Crippen LogP contribution >= 0.6 is 0 Å². The molecule has 4 heteroatoms. The van der Waals surface area contributed by atoms with Crippen molar-refractivity contribution in [3.63, 3.8) is 0 Å². The molecule has 4 nitrogen and oxygen atoms in total. The standard InChI is InChI=1S/C22H28N2O2/c1-2-7-18-8-5-6-15-24(21-10-4-3-9-20(18)21)16-17-11-13-19(14-12-17)22(25)23-26/h3-4,9-14,18,26H,2,5-8,15-16H2,1H3,(H,23,25). The molecule has 2 N–H and O–H groups in total. The summed E-state index contributed by atoms with van der Waals surface area (Å²) in [5.41, 5.74) is 6.14. The van der Waals surface area contributed by atoms with E-state index in [0.29, 0.717) is 11.5 Å². The van der Waals surface area contributed by atoms with E-state index in [1.807, 2.05) is 12.1 Å². The summed E-state index contributed by atoms with van der Waals surface area (Å²) in [5.74, 6) is 0.171. The zero-order valence-electron chi connectivity index (χ0n) is 15.4. The van der Waals surface area contributed by atoms with Gasteiger partial charge in [0.05, 0.1) is 0 Å². The number of para-hydroxylation sites is 1. The molecule has 1 aliphatic heterocycles. The topological polar surface area (TPSA) is 52.6 Å². The van der Waals surface area contributed by atoms with Crippen molar-refractivity contribution >= 4 is 11.6 Å². The number of nitrogens with zero attached hydrogens (tertiary/aromatic N) is 1. The Hall–Kier alpha value is -2.33. The summed E-state index contributed by atoms with van der Waals surface area (Å²) in [6.45, 7) is 4.15. The summed E-state index contributed by atoms with van der Waals surface area (Å²) in [6, 6.07) is 16.3. The van der Waals surface area contributed by atoms with Crippen molar-refractivity contribution in [1.29, 1.82) is 0 Å². The number of hydroxylamine groups is 1. The van der Waals surface area contributed by atoms with E-state index in [1.165, 1.54) is 48.9 Å². The van der Waals surface area contributed by atoms with Crippen LogP contribution in [-0.2, 0) is 6.54 Å². The number of hydrogen-bond acceptors (Lipinski definition) is 3. The van der Waals surface area contributed by atoms with Gasteiger partial charge < -0.3 is 4.90 Å². The van der Waals surface area contributed by atoms with Crippen LogP contribution in [0, 0.1) is 0 Å². The molecule has 0 fully saturated rings. The number of hydrogen-bond donors (Lipinski definition) is 2. The van der Waals surface area contributed by atoms with Crippen LogP contribution in [0.25, 0.3) is 0 Å². The Morgan fingerprint density at radius 2 is 1.92 bits per heavy atom. The number of benzene rings is 2. The highest BCUT2D eigenvalue weighted by molar-refractivity contribution is 5.93. The van der Waals surface area contributed by atoms with Gasteiger partial charge in [-0.15, -0.1) is 0 Å². The van der Waals surface area contributed by atoms with E-state index in [2.05, 4.69) is 36.1 Å². The lowest BCUT2D eigenvalue weighted by Gasteiger charge is -2.32. The third-order valence-electron chi connectivity index (χ3n) is 5.28. The van der Waals surface area contributed by atoms with Gasteiger partial charge in [0.25, 0.3) is 5.91 Å². The van der Waals surface area contributed by atoms with Gasteiger partial charge in [-0.2, -0.15) is 0 Å². The fourth-order valence-corrected chi connectivity index (χ4v) is 3.95. The van der Waals surface area contributed by atoms with E-state index in [1.54, 1.807) is 17.6 Å². The molecular weight excluding hydrogens is 324 g/mol. The lowest BCUT2D eigenvalue weighted by molar-refractivity contribution is 0.0706. The smallest absolute Gasteiger partial charge is 0.274 e. The quantitative estimate of drug-likeness (QED) is 0.596. The van der Waals surface area contributed by atoms with E-state index in [0.717, 1.165) is 13.1 Å². The van der Waals surface area contributed by atoms with Crippen molar-refractivity contribution < 1.29 is 10.0 Å². The molecule has 3 rings (SSSR count). The van der Waals surface area contributed by atoms with E-state index in [-0.39, 0.29) is 0 Å². The highest BCUT2D eigenvalue weighted by Gasteiger charge is 2.21. The van der Waals surface area contributed by atoms with Crippen molar-refractivity contribution in [2.24, 2.45) is 0 Å². The van der Waals surface area contributed by atoms with E-state index < -0.39 is 5.91 Å². The lowest BCUT2D eigenvalue weighted by Crippen LogP contribution is -2.27. The second-order valence-electron chi connectivity index (χ2n) is 7.10. The number of rotatable bonds is 5. The van der Waals surface area contributed by atoms with Gasteiger partial charge in [0.2, 0.25) is 0 Å². The minimum Gasteiger partial charge on any atom is -0.367 e. The van der Waals surface area contributed by atoms with Crippen molar-refractivity contribution in [2.75, 3.05) is 11.4 Å². The van der Waals surface area contributed by atoms with Crippen LogP contribution in [0.4, 0.5) is 5.69 Å². The first kappa shape index (κ1) is 18.5. The summed E-state index contributed by atoms with van der Waals surface area (Å²) >= 11 is 0. The number of fused-ring (bicyclic) bond motifs is 1. The average Bonchev–Trinajstić information content (AvgIpc) is 2.68. The third kappa shape index (κ3) is 4.25. The molecule has 0 saturated heterocycles. The normalized spacial score (nSPS) is 17.2. The monoisotopic (exact) mass is 352 g/mol. The second-order valence-corrected chi connectivity index (χ2v) is 7.10. The van der Waals surface area contributed by atoms with Gasteiger partial charge in [0, 0.05) is 24.3 Å². The Morgan fingerprint density at radius 3 is 2.65 bits per heavy atom. The van der Waals surface area contributed by atoms with E-state index >= 15 is 0 Å². The molecule has 2 aromatic rings. The van der Waals surface area contributed by atoms with Gasteiger partial charge in [0.1, 0.15) is 0 Å². The van der Waals surface area contributed by atoms with Crippen molar-refractivity contribution in [1.82, 2.24) is 5.48 Å². The van der Waals surface area contributed by atoms with Crippen molar-refractivity contribution in [2.45, 2.75) is 51.5 Å². The van der Waals surface area contributed by atoms with Gasteiger partial charge in [0.15, 0.2) is 0 Å². The highest BCUT2D eigenvalue weighted by Crippen LogP contribution is 2.36. The Morgan fingerprint density at radius 1 is 1.15 bits per heavy atom. The molecule has 0 radical (unpaired) electrons. The molecular formula is C22H28N2O2. The minimum atomic E-state index is -0.476. The fraction of sp³-hybridized carbons (Fsp3) is 0.409. The molecule has 26 heavy (non-hydrogen) atoms. The number of nitrogens with one attached hydrogen (secondary N) is 1. The van der Waals surface area contributed by atoms with Crippen LogP contribution in [-0.4, -0.2) is 17.7 Å². The molecule has 1 amide bonds. The third-order valence-corrected chi connectivity index (χ3v) is 5.28. The maximum atomic E-state index is 11.5. The van der Waals surface area contributed by atoms with Crippen LogP contribution in [0.15, 0.2) is 48.5 Å². The van der Waals surface area contributed by atoms with Crippen molar-refractivity contribution in [3.05, 3.63) is 65.2 Å². The Kier molecular flexibility index (Phi) is 6.29. The Balaban J connectivity index is 1.84.